The average molecular weight is 516 g/mol. The second kappa shape index (κ2) is 6.54. The SMILES string of the molecule is C=C(C)C(=O)OC(F)(F)C(F)(F)C(F)(F)C1(F)C(F)(F)C(F)(F)C(F)(F)C(F)(F)C1(F)F. The van der Waals surface area contributed by atoms with Crippen LogP contribution in [0.5, 0.6) is 0 Å². The Morgan fingerprint density at radius 3 is 1.22 bits per heavy atom. The van der Waals surface area contributed by atoms with E-state index < -0.39 is 64.8 Å². The molecule has 0 N–H and O–H groups in total. The first-order chi connectivity index (χ1) is 13.6. The van der Waals surface area contributed by atoms with E-state index in [2.05, 4.69) is 11.3 Å². The predicted octanol–water partition coefficient (Wildman–Crippen LogP) is 5.87. The molecule has 0 saturated heterocycles. The number of carbonyl (C=O) groups is 1. The topological polar surface area (TPSA) is 26.3 Å². The molecule has 32 heavy (non-hydrogen) atoms. The van der Waals surface area contributed by atoms with E-state index >= 15 is 0 Å². The van der Waals surface area contributed by atoms with Gasteiger partial charge in [0.2, 0.25) is 0 Å². The summed E-state index contributed by atoms with van der Waals surface area (Å²) in [6.07, 6.45) is -7.34. The predicted molar refractivity (Wildman–Crippen MR) is 64.3 cm³/mol. The number of rotatable bonds is 5. The molecule has 1 aliphatic carbocycles. The van der Waals surface area contributed by atoms with Gasteiger partial charge >= 0.3 is 59.2 Å². The maximum Gasteiger partial charge on any atom is 0.473 e. The van der Waals surface area contributed by atoms with Crippen molar-refractivity contribution in [3.63, 3.8) is 0 Å². The average Bonchev–Trinajstić information content (AvgIpc) is 2.57. The fraction of sp³-hybridized carbons (Fsp3) is 0.769. The molecule has 0 amide bonds. The fourth-order valence-electron chi connectivity index (χ4n) is 2.28. The minimum atomic E-state index is -8.82. The van der Waals surface area contributed by atoms with Gasteiger partial charge in [-0.3, -0.25) is 0 Å². The Balaban J connectivity index is 4.00. The lowest BCUT2D eigenvalue weighted by atomic mass is 9.67. The van der Waals surface area contributed by atoms with Crippen LogP contribution in [0.3, 0.4) is 0 Å². The quantitative estimate of drug-likeness (QED) is 0.260. The van der Waals surface area contributed by atoms with Gasteiger partial charge in [0.1, 0.15) is 0 Å². The van der Waals surface area contributed by atoms with Gasteiger partial charge < -0.3 is 4.74 Å². The van der Waals surface area contributed by atoms with Gasteiger partial charge in [0, 0.05) is 5.57 Å². The molecule has 0 aromatic rings. The van der Waals surface area contributed by atoms with Crippen LogP contribution in [0.1, 0.15) is 6.92 Å². The molecule has 1 rings (SSSR count). The van der Waals surface area contributed by atoms with Gasteiger partial charge in [-0.05, 0) is 6.92 Å². The Hall–Kier alpha value is -1.98. The van der Waals surface area contributed by atoms with Crippen molar-refractivity contribution < 1.29 is 84.2 Å². The molecule has 0 spiro atoms. The van der Waals surface area contributed by atoms with E-state index in [1.54, 1.807) is 0 Å². The van der Waals surface area contributed by atoms with E-state index in [1.165, 1.54) is 0 Å². The van der Waals surface area contributed by atoms with Crippen LogP contribution in [0.2, 0.25) is 0 Å². The van der Waals surface area contributed by atoms with Crippen LogP contribution in [-0.2, 0) is 9.53 Å². The van der Waals surface area contributed by atoms with Crippen LogP contribution in [0.4, 0.5) is 74.6 Å². The van der Waals surface area contributed by atoms with Crippen molar-refractivity contribution in [2.45, 2.75) is 60.2 Å². The van der Waals surface area contributed by atoms with Crippen molar-refractivity contribution in [2.75, 3.05) is 0 Å². The summed E-state index contributed by atoms with van der Waals surface area (Å²) < 4.78 is 231. The lowest BCUT2D eigenvalue weighted by Gasteiger charge is -2.55. The number of carbonyl (C=O) groups excluding carboxylic acids is 1. The highest BCUT2D eigenvalue weighted by Gasteiger charge is 3.08. The Labute approximate surface area is 164 Å². The highest BCUT2D eigenvalue weighted by atomic mass is 19.4. The lowest BCUT2D eigenvalue weighted by Crippen LogP contribution is -2.89. The van der Waals surface area contributed by atoms with Gasteiger partial charge in [-0.25, -0.2) is 9.18 Å². The molecule has 1 aliphatic rings. The van der Waals surface area contributed by atoms with Crippen molar-refractivity contribution in [3.8, 4) is 0 Å². The summed E-state index contributed by atoms with van der Waals surface area (Å²) in [5.41, 5.74) is -10.2. The van der Waals surface area contributed by atoms with Crippen LogP contribution in [0, 0.1) is 0 Å². The van der Waals surface area contributed by atoms with E-state index in [1.807, 2.05) is 0 Å². The zero-order valence-electron chi connectivity index (χ0n) is 14.4. The van der Waals surface area contributed by atoms with Crippen molar-refractivity contribution in [1.82, 2.24) is 0 Å². The first-order valence-corrected chi connectivity index (χ1v) is 7.18. The first-order valence-electron chi connectivity index (χ1n) is 7.18. The molecular formula is C13H5F17O2. The third-order valence-electron chi connectivity index (χ3n) is 4.20. The van der Waals surface area contributed by atoms with Gasteiger partial charge in [-0.1, -0.05) is 6.58 Å². The summed E-state index contributed by atoms with van der Waals surface area (Å²) in [4.78, 5) is 10.8. The fourth-order valence-corrected chi connectivity index (χ4v) is 2.28. The minimum absolute atomic E-state index is 0.359. The zero-order chi connectivity index (χ0) is 26.4. The van der Waals surface area contributed by atoms with Crippen molar-refractivity contribution >= 4 is 5.97 Å². The van der Waals surface area contributed by atoms with Crippen LogP contribution >= 0.6 is 0 Å². The lowest BCUT2D eigenvalue weighted by molar-refractivity contribution is -0.525. The largest absolute Gasteiger partial charge is 0.473 e. The van der Waals surface area contributed by atoms with Crippen molar-refractivity contribution in [2.24, 2.45) is 0 Å². The molecule has 1 fully saturated rings. The van der Waals surface area contributed by atoms with Crippen LogP contribution in [0.15, 0.2) is 12.2 Å². The molecule has 0 aromatic heterocycles. The standard InChI is InChI=1S/C13H5F17O2/c1-3(2)4(31)32-13(29,30)12(27,28)8(19,20)5(14)6(15,16)9(21,22)11(25,26)10(23,24)7(5,17)18/h1H2,2H3. The smallest absolute Gasteiger partial charge is 0.393 e. The molecule has 188 valence electrons. The number of alkyl halides is 17. The van der Waals surface area contributed by atoms with Gasteiger partial charge in [0.15, 0.2) is 0 Å². The van der Waals surface area contributed by atoms with E-state index in [0.717, 1.165) is 0 Å². The molecule has 0 radical (unpaired) electrons. The Morgan fingerprint density at radius 1 is 0.656 bits per heavy atom. The van der Waals surface area contributed by atoms with Gasteiger partial charge in [0.05, 0.1) is 0 Å². The highest BCUT2D eigenvalue weighted by molar-refractivity contribution is 5.87. The first kappa shape index (κ1) is 28.1. The maximum absolute atomic E-state index is 14.2. The van der Waals surface area contributed by atoms with Gasteiger partial charge in [0.25, 0.3) is 0 Å². The zero-order valence-corrected chi connectivity index (χ0v) is 14.4. The molecule has 0 unspecified atom stereocenters. The third kappa shape index (κ3) is 2.64. The van der Waals surface area contributed by atoms with Crippen LogP contribution < -0.4 is 0 Å². The van der Waals surface area contributed by atoms with E-state index in [9.17, 15) is 79.4 Å². The molecule has 1 saturated carbocycles. The maximum atomic E-state index is 14.2. The van der Waals surface area contributed by atoms with Crippen LogP contribution in [0.25, 0.3) is 0 Å². The molecule has 0 atom stereocenters. The molecule has 0 bridgehead atoms. The van der Waals surface area contributed by atoms with E-state index in [4.69, 9.17) is 0 Å². The number of hydrogen-bond donors (Lipinski definition) is 0. The minimum Gasteiger partial charge on any atom is -0.393 e. The van der Waals surface area contributed by atoms with Crippen molar-refractivity contribution in [3.05, 3.63) is 12.2 Å². The Kier molecular flexibility index (Phi) is 5.73. The van der Waals surface area contributed by atoms with E-state index in [-0.39, 0.29) is 0 Å². The second-order valence-electron chi connectivity index (χ2n) is 6.37. The molecular weight excluding hydrogens is 511 g/mol. The number of esters is 1. The summed E-state index contributed by atoms with van der Waals surface area (Å²) >= 11 is 0. The van der Waals surface area contributed by atoms with Gasteiger partial charge in [-0.2, -0.15) is 70.2 Å². The molecule has 0 heterocycles. The highest BCUT2D eigenvalue weighted by Crippen LogP contribution is 2.74. The molecule has 2 nitrogen and oxygen atoms in total. The molecule has 19 heteroatoms. The summed E-state index contributed by atoms with van der Waals surface area (Å²) in [5.74, 6) is -61.5. The monoisotopic (exact) mass is 516 g/mol. The summed E-state index contributed by atoms with van der Waals surface area (Å²) in [7, 11) is 0. The number of halogens is 17. The van der Waals surface area contributed by atoms with Crippen molar-refractivity contribution in [1.29, 1.82) is 0 Å². The molecule has 0 aromatic carbocycles. The second-order valence-corrected chi connectivity index (χ2v) is 6.37. The summed E-state index contributed by atoms with van der Waals surface area (Å²) in [6.45, 7) is 2.81. The van der Waals surface area contributed by atoms with Crippen LogP contribution in [-0.4, -0.2) is 59.2 Å². The number of hydrogen-bond acceptors (Lipinski definition) is 2. The summed E-state index contributed by atoms with van der Waals surface area (Å²) in [6, 6.07) is 0. The Morgan fingerprint density at radius 2 is 0.938 bits per heavy atom. The van der Waals surface area contributed by atoms with E-state index in [0.29, 0.717) is 6.92 Å². The summed E-state index contributed by atoms with van der Waals surface area (Å²) in [5, 5.41) is 0. The molecule has 0 aliphatic heterocycles. The third-order valence-corrected chi connectivity index (χ3v) is 4.20. The number of ether oxygens (including phenoxy) is 1. The van der Waals surface area contributed by atoms with Gasteiger partial charge in [-0.15, -0.1) is 0 Å². The normalized spacial score (nSPS) is 25.7. The Bertz CT molecular complexity index is 781.